The highest BCUT2D eigenvalue weighted by atomic mass is 16.5. The number of ketones is 1. The van der Waals surface area contributed by atoms with Crippen LogP contribution < -0.4 is 21.3 Å². The summed E-state index contributed by atoms with van der Waals surface area (Å²) in [6.45, 7) is 9.96. The zero-order valence-corrected chi connectivity index (χ0v) is 24.8. The summed E-state index contributed by atoms with van der Waals surface area (Å²) in [7, 11) is 3.52. The van der Waals surface area contributed by atoms with E-state index in [1.165, 1.54) is 50.0 Å². The van der Waals surface area contributed by atoms with Crippen LogP contribution in [0.4, 0.5) is 11.4 Å². The molecule has 6 heteroatoms. The Morgan fingerprint density at radius 1 is 1.05 bits per heavy atom. The molecule has 0 aliphatic heterocycles. The van der Waals surface area contributed by atoms with Gasteiger partial charge in [-0.25, -0.2) is 5.84 Å². The van der Waals surface area contributed by atoms with E-state index in [2.05, 4.69) is 13.8 Å². The van der Waals surface area contributed by atoms with Crippen molar-refractivity contribution in [3.05, 3.63) is 18.2 Å². The highest BCUT2D eigenvalue weighted by molar-refractivity contribution is 5.87. The number of anilines is 2. The van der Waals surface area contributed by atoms with Crippen molar-refractivity contribution in [3.63, 3.8) is 0 Å². The summed E-state index contributed by atoms with van der Waals surface area (Å²) in [6.07, 6.45) is 11.3. The summed E-state index contributed by atoms with van der Waals surface area (Å²) < 4.78 is 11.3. The molecule has 0 amide bonds. The van der Waals surface area contributed by atoms with Crippen molar-refractivity contribution >= 4 is 17.2 Å². The van der Waals surface area contributed by atoms with Gasteiger partial charge in [0.15, 0.2) is 5.78 Å². The molecule has 8 unspecified atom stereocenters. The van der Waals surface area contributed by atoms with Gasteiger partial charge in [0.1, 0.15) is 5.75 Å². The van der Waals surface area contributed by atoms with E-state index < -0.39 is 0 Å². The zero-order valence-electron chi connectivity index (χ0n) is 24.8. The van der Waals surface area contributed by atoms with Gasteiger partial charge in [0.2, 0.25) is 0 Å². The molecule has 0 radical (unpaired) electrons. The van der Waals surface area contributed by atoms with Crippen LogP contribution in [0.3, 0.4) is 0 Å². The number of nitrogen functional groups attached to an aromatic ring is 1. The van der Waals surface area contributed by atoms with Crippen LogP contribution in [-0.4, -0.2) is 33.2 Å². The number of hydrogen-bond donors (Lipinski definition) is 2. The average molecular weight is 528 g/mol. The lowest BCUT2D eigenvalue weighted by atomic mass is 9.44. The third-order valence-electron chi connectivity index (χ3n) is 11.3. The van der Waals surface area contributed by atoms with Gasteiger partial charge >= 0.3 is 0 Å². The number of hydrogen-bond acceptors (Lipinski definition) is 6. The highest BCUT2D eigenvalue weighted by Crippen LogP contribution is 2.68. The van der Waals surface area contributed by atoms with E-state index in [9.17, 15) is 4.79 Å². The van der Waals surface area contributed by atoms with E-state index in [4.69, 9.17) is 21.1 Å². The van der Waals surface area contributed by atoms with Gasteiger partial charge in [-0.2, -0.15) is 0 Å². The molecule has 214 valence electrons. The summed E-state index contributed by atoms with van der Waals surface area (Å²) in [6, 6.07) is 5.41. The molecule has 6 nitrogen and oxygen atoms in total. The molecule has 0 spiro atoms. The molecule has 0 bridgehead atoms. The Bertz CT molecular complexity index is 969. The van der Waals surface area contributed by atoms with Crippen LogP contribution in [0.5, 0.6) is 5.75 Å². The van der Waals surface area contributed by atoms with E-state index in [-0.39, 0.29) is 23.7 Å². The molecule has 1 aromatic rings. The fraction of sp³-hybridized carbons (Fsp3) is 0.781. The second-order valence-corrected chi connectivity index (χ2v) is 12.9. The molecule has 0 saturated heterocycles. The smallest absolute Gasteiger partial charge is 0.157 e. The Balaban J connectivity index is 0.00000164. The lowest BCUT2D eigenvalue weighted by molar-refractivity contribution is -0.154. The Morgan fingerprint density at radius 2 is 1.82 bits per heavy atom. The molecular formula is C32H53N3O3. The molecule has 0 aromatic heterocycles. The lowest BCUT2D eigenvalue weighted by Crippen LogP contribution is -2.56. The van der Waals surface area contributed by atoms with E-state index in [1.807, 2.05) is 33.1 Å². The topological polar surface area (TPSA) is 90.8 Å². The van der Waals surface area contributed by atoms with Crippen LogP contribution in [-0.2, 0) is 9.53 Å². The molecule has 4 aliphatic carbocycles. The first kappa shape index (κ1) is 29.2. The second kappa shape index (κ2) is 11.8. The standard InChI is InChI=1S/C30H47N3O3.C2H6/c1-19-11-14-30(18-35-3)20(15-19)5-7-22-23-8-9-25(29(23,2)13-12-24(22)30)28(34)17-33(32)27-16-21(36-4)6-10-26(27)31;1-2/h6,10,16,19-20,22-25H,5,7-9,11-15,17-18,31-32H2,1-4H3;1-2H3. The van der Waals surface area contributed by atoms with Crippen LogP contribution in [0, 0.1) is 46.3 Å². The van der Waals surface area contributed by atoms with Crippen molar-refractivity contribution in [2.45, 2.75) is 85.5 Å². The van der Waals surface area contributed by atoms with Gasteiger partial charge < -0.3 is 20.2 Å². The van der Waals surface area contributed by atoms with Crippen molar-refractivity contribution in [2.75, 3.05) is 38.1 Å². The first-order chi connectivity index (χ1) is 18.2. The predicted molar refractivity (Wildman–Crippen MR) is 156 cm³/mol. The summed E-state index contributed by atoms with van der Waals surface area (Å²) in [5, 5.41) is 1.52. The minimum atomic E-state index is 0.0715. The van der Waals surface area contributed by atoms with Gasteiger partial charge in [0, 0.05) is 19.1 Å². The summed E-state index contributed by atoms with van der Waals surface area (Å²) in [4.78, 5) is 13.7. The number of methoxy groups -OCH3 is 2. The van der Waals surface area contributed by atoms with Crippen molar-refractivity contribution in [1.82, 2.24) is 0 Å². The predicted octanol–water partition coefficient (Wildman–Crippen LogP) is 6.47. The van der Waals surface area contributed by atoms with Crippen molar-refractivity contribution < 1.29 is 14.3 Å². The van der Waals surface area contributed by atoms with Gasteiger partial charge in [-0.15, -0.1) is 0 Å². The van der Waals surface area contributed by atoms with Gasteiger partial charge in [-0.05, 0) is 104 Å². The molecule has 4 N–H and O–H groups in total. The largest absolute Gasteiger partial charge is 0.497 e. The van der Waals surface area contributed by atoms with E-state index >= 15 is 0 Å². The number of nitrogens with two attached hydrogens (primary N) is 2. The molecule has 8 atom stereocenters. The minimum Gasteiger partial charge on any atom is -0.497 e. The summed E-state index contributed by atoms with van der Waals surface area (Å²) >= 11 is 0. The first-order valence-corrected chi connectivity index (χ1v) is 15.2. The van der Waals surface area contributed by atoms with E-state index in [1.54, 1.807) is 13.2 Å². The SMILES string of the molecule is CC.COCC12CCC(C)CC1CCC1C3CCC(C(=O)CN(N)c4cc(OC)ccc4N)C3(C)CCC12. The third kappa shape index (κ3) is 4.96. The fourth-order valence-corrected chi connectivity index (χ4v) is 9.61. The number of hydrazine groups is 1. The van der Waals surface area contributed by atoms with Crippen molar-refractivity contribution in [1.29, 1.82) is 0 Å². The summed E-state index contributed by atoms with van der Waals surface area (Å²) in [5.74, 6) is 11.2. The van der Waals surface area contributed by atoms with Crippen LogP contribution in [0.2, 0.25) is 0 Å². The molecule has 4 aliphatic rings. The maximum Gasteiger partial charge on any atom is 0.157 e. The highest BCUT2D eigenvalue weighted by Gasteiger charge is 2.62. The summed E-state index contributed by atoms with van der Waals surface area (Å²) in [5.41, 5.74) is 7.81. The second-order valence-electron chi connectivity index (χ2n) is 12.9. The quantitative estimate of drug-likeness (QED) is 0.240. The molecule has 4 fully saturated rings. The van der Waals surface area contributed by atoms with Crippen molar-refractivity contribution in [2.24, 2.45) is 52.2 Å². The monoisotopic (exact) mass is 527 g/mol. The van der Waals surface area contributed by atoms with Gasteiger partial charge in [-0.1, -0.05) is 34.1 Å². The number of Topliss-reactive ketones (excluding diaryl/α,β-unsaturated/α-hetero) is 1. The number of fused-ring (bicyclic) bond motifs is 5. The van der Waals surface area contributed by atoms with Gasteiger partial charge in [0.25, 0.3) is 0 Å². The van der Waals surface area contributed by atoms with Gasteiger partial charge in [0.05, 0.1) is 31.6 Å². The van der Waals surface area contributed by atoms with E-state index in [0.29, 0.717) is 28.5 Å². The zero-order chi connectivity index (χ0) is 27.7. The Labute approximate surface area is 231 Å². The van der Waals surface area contributed by atoms with Crippen molar-refractivity contribution in [3.8, 4) is 5.75 Å². The Hall–Kier alpha value is -1.79. The molecule has 5 rings (SSSR count). The lowest BCUT2D eigenvalue weighted by Gasteiger charge is -2.62. The van der Waals surface area contributed by atoms with Gasteiger partial charge in [-0.3, -0.25) is 4.79 Å². The molecule has 38 heavy (non-hydrogen) atoms. The van der Waals surface area contributed by atoms with Crippen LogP contribution in [0.1, 0.15) is 85.5 Å². The number of nitrogens with zero attached hydrogens (tertiary/aromatic N) is 1. The third-order valence-corrected chi connectivity index (χ3v) is 11.3. The number of benzene rings is 1. The Morgan fingerprint density at radius 3 is 2.53 bits per heavy atom. The van der Waals surface area contributed by atoms with E-state index in [0.717, 1.165) is 43.1 Å². The van der Waals surface area contributed by atoms with Crippen LogP contribution >= 0.6 is 0 Å². The first-order valence-electron chi connectivity index (χ1n) is 15.2. The molecule has 1 aromatic carbocycles. The number of carbonyl (C=O) groups is 1. The average Bonchev–Trinajstić information content (AvgIpc) is 3.28. The Kier molecular flexibility index (Phi) is 9.03. The molecular weight excluding hydrogens is 474 g/mol. The van der Waals surface area contributed by atoms with Crippen LogP contribution in [0.15, 0.2) is 18.2 Å². The number of rotatable bonds is 7. The van der Waals surface area contributed by atoms with Crippen LogP contribution in [0.25, 0.3) is 0 Å². The maximum absolute atomic E-state index is 13.7. The number of ether oxygens (including phenoxy) is 2. The fourth-order valence-electron chi connectivity index (χ4n) is 9.61. The number of carbonyl (C=O) groups excluding carboxylic acids is 1. The normalized spacial score (nSPS) is 37.7. The minimum absolute atomic E-state index is 0.0715. The molecule has 4 saturated carbocycles. The molecule has 0 heterocycles. The maximum atomic E-state index is 13.7.